The van der Waals surface area contributed by atoms with E-state index in [-0.39, 0.29) is 5.91 Å². The number of hydrogen-bond acceptors (Lipinski definition) is 2. The Morgan fingerprint density at radius 1 is 0.792 bits per heavy atom. The van der Waals surface area contributed by atoms with E-state index < -0.39 is 0 Å². The van der Waals surface area contributed by atoms with Gasteiger partial charge in [-0.25, -0.2) is 0 Å². The van der Waals surface area contributed by atoms with Crippen LogP contribution in [0.1, 0.15) is 5.56 Å². The lowest BCUT2D eigenvalue weighted by Gasteiger charge is -2.11. The van der Waals surface area contributed by atoms with Crippen LogP contribution in [0.25, 0.3) is 6.08 Å². The Hall–Kier alpha value is -3.33. The van der Waals surface area contributed by atoms with Crippen molar-refractivity contribution in [2.45, 2.75) is 0 Å². The van der Waals surface area contributed by atoms with Crippen LogP contribution in [0.5, 0.6) is 11.5 Å². The summed E-state index contributed by atoms with van der Waals surface area (Å²) in [6, 6.07) is 26.5. The van der Waals surface area contributed by atoms with E-state index in [2.05, 4.69) is 5.32 Å². The smallest absolute Gasteiger partial charge is 0.248 e. The van der Waals surface area contributed by atoms with E-state index in [4.69, 9.17) is 4.74 Å². The molecule has 24 heavy (non-hydrogen) atoms. The van der Waals surface area contributed by atoms with E-state index in [1.165, 1.54) is 6.08 Å². The zero-order chi connectivity index (χ0) is 16.6. The molecular formula is C21H17NO2. The molecule has 0 aliphatic carbocycles. The summed E-state index contributed by atoms with van der Waals surface area (Å²) < 4.78 is 5.83. The predicted octanol–water partition coefficient (Wildman–Crippen LogP) is 5.13. The lowest BCUT2D eigenvalue weighted by molar-refractivity contribution is -0.111. The Kier molecular flexibility index (Phi) is 5.05. The molecule has 0 atom stereocenters. The molecule has 0 heterocycles. The molecule has 3 aromatic rings. The van der Waals surface area contributed by atoms with Gasteiger partial charge in [0.05, 0.1) is 5.69 Å². The van der Waals surface area contributed by atoms with Crippen molar-refractivity contribution < 1.29 is 9.53 Å². The minimum absolute atomic E-state index is 0.206. The number of ether oxygens (including phenoxy) is 1. The second kappa shape index (κ2) is 7.79. The standard InChI is InChI=1S/C21H17NO2/c23-21(16-15-17-9-3-1-4-10-17)22-19-13-7-8-14-20(19)24-18-11-5-2-6-12-18/h1-16H,(H,22,23)/b16-15-. The molecule has 0 spiro atoms. The van der Waals surface area contributed by atoms with E-state index in [0.29, 0.717) is 11.4 Å². The van der Waals surface area contributed by atoms with Crippen molar-refractivity contribution in [2.24, 2.45) is 0 Å². The van der Waals surface area contributed by atoms with Gasteiger partial charge in [-0.1, -0.05) is 60.7 Å². The van der Waals surface area contributed by atoms with Crippen LogP contribution < -0.4 is 10.1 Å². The zero-order valence-corrected chi connectivity index (χ0v) is 13.1. The Bertz CT molecular complexity index is 827. The summed E-state index contributed by atoms with van der Waals surface area (Å²) in [5.74, 6) is 1.12. The third kappa shape index (κ3) is 4.34. The molecule has 0 aromatic heterocycles. The maximum atomic E-state index is 12.1. The van der Waals surface area contributed by atoms with Crippen LogP contribution in [0.3, 0.4) is 0 Å². The molecule has 0 fully saturated rings. The zero-order valence-electron chi connectivity index (χ0n) is 13.1. The van der Waals surface area contributed by atoms with Crippen LogP contribution in [0, 0.1) is 0 Å². The SMILES string of the molecule is O=C(/C=C\c1ccccc1)Nc1ccccc1Oc1ccccc1. The summed E-state index contributed by atoms with van der Waals surface area (Å²) in [4.78, 5) is 12.1. The molecule has 0 saturated carbocycles. The van der Waals surface area contributed by atoms with Crippen molar-refractivity contribution in [3.05, 3.63) is 96.6 Å². The van der Waals surface area contributed by atoms with Crippen molar-refractivity contribution in [2.75, 3.05) is 5.32 Å². The first kappa shape index (κ1) is 15.6. The topological polar surface area (TPSA) is 38.3 Å². The second-order valence-electron chi connectivity index (χ2n) is 5.14. The second-order valence-corrected chi connectivity index (χ2v) is 5.14. The molecular weight excluding hydrogens is 298 g/mol. The number of benzene rings is 3. The summed E-state index contributed by atoms with van der Waals surface area (Å²) in [6.45, 7) is 0. The van der Waals surface area contributed by atoms with Gasteiger partial charge in [0, 0.05) is 6.08 Å². The highest BCUT2D eigenvalue weighted by Gasteiger charge is 2.06. The van der Waals surface area contributed by atoms with Gasteiger partial charge in [0.25, 0.3) is 0 Å². The molecule has 3 heteroatoms. The van der Waals surface area contributed by atoms with Crippen molar-refractivity contribution in [3.63, 3.8) is 0 Å². The largest absolute Gasteiger partial charge is 0.455 e. The maximum absolute atomic E-state index is 12.1. The first-order chi connectivity index (χ1) is 11.8. The molecule has 0 saturated heterocycles. The van der Waals surface area contributed by atoms with Gasteiger partial charge in [-0.3, -0.25) is 4.79 Å². The number of carbonyl (C=O) groups excluding carboxylic acids is 1. The predicted molar refractivity (Wildman–Crippen MR) is 97.1 cm³/mol. The molecule has 3 aromatic carbocycles. The molecule has 0 aliphatic rings. The average Bonchev–Trinajstić information content (AvgIpc) is 2.63. The summed E-state index contributed by atoms with van der Waals surface area (Å²) >= 11 is 0. The number of anilines is 1. The fourth-order valence-corrected chi connectivity index (χ4v) is 2.18. The fraction of sp³-hybridized carbons (Fsp3) is 0. The van der Waals surface area contributed by atoms with E-state index in [1.807, 2.05) is 84.9 Å². The van der Waals surface area contributed by atoms with Gasteiger partial charge in [0.1, 0.15) is 5.75 Å². The van der Waals surface area contributed by atoms with E-state index >= 15 is 0 Å². The lowest BCUT2D eigenvalue weighted by atomic mass is 10.2. The minimum Gasteiger partial charge on any atom is -0.455 e. The van der Waals surface area contributed by atoms with E-state index in [1.54, 1.807) is 6.08 Å². The van der Waals surface area contributed by atoms with E-state index in [0.717, 1.165) is 11.3 Å². The van der Waals surface area contributed by atoms with Crippen LogP contribution in [0.4, 0.5) is 5.69 Å². The van der Waals surface area contributed by atoms with Gasteiger partial charge in [-0.05, 0) is 35.9 Å². The Labute approximate surface area is 141 Å². The highest BCUT2D eigenvalue weighted by Crippen LogP contribution is 2.29. The maximum Gasteiger partial charge on any atom is 0.248 e. The average molecular weight is 315 g/mol. The minimum atomic E-state index is -0.206. The molecule has 0 aliphatic heterocycles. The van der Waals surface area contributed by atoms with Gasteiger partial charge >= 0.3 is 0 Å². The first-order valence-electron chi connectivity index (χ1n) is 7.67. The van der Waals surface area contributed by atoms with Crippen molar-refractivity contribution in [1.82, 2.24) is 0 Å². The number of carbonyl (C=O) groups is 1. The van der Waals surface area contributed by atoms with Crippen LogP contribution >= 0.6 is 0 Å². The number of amides is 1. The van der Waals surface area contributed by atoms with Crippen LogP contribution in [0.15, 0.2) is 91.0 Å². The Morgan fingerprint density at radius 2 is 1.42 bits per heavy atom. The molecule has 0 unspecified atom stereocenters. The van der Waals surface area contributed by atoms with Crippen LogP contribution in [0.2, 0.25) is 0 Å². The molecule has 1 N–H and O–H groups in total. The third-order valence-corrected chi connectivity index (χ3v) is 3.34. The van der Waals surface area contributed by atoms with Gasteiger partial charge in [0.15, 0.2) is 5.75 Å². The third-order valence-electron chi connectivity index (χ3n) is 3.34. The number of hydrogen-bond donors (Lipinski definition) is 1. The van der Waals surface area contributed by atoms with Gasteiger partial charge in [-0.2, -0.15) is 0 Å². The van der Waals surface area contributed by atoms with E-state index in [9.17, 15) is 4.79 Å². The Morgan fingerprint density at radius 3 is 2.17 bits per heavy atom. The van der Waals surface area contributed by atoms with Crippen molar-refractivity contribution in [3.8, 4) is 11.5 Å². The number of para-hydroxylation sites is 3. The monoisotopic (exact) mass is 315 g/mol. The molecule has 0 bridgehead atoms. The summed E-state index contributed by atoms with van der Waals surface area (Å²) in [5.41, 5.74) is 1.60. The van der Waals surface area contributed by atoms with Crippen LogP contribution in [-0.4, -0.2) is 5.91 Å². The molecule has 3 rings (SSSR count). The number of nitrogens with one attached hydrogen (secondary N) is 1. The quantitative estimate of drug-likeness (QED) is 0.663. The fourth-order valence-electron chi connectivity index (χ4n) is 2.18. The number of rotatable bonds is 5. The highest BCUT2D eigenvalue weighted by molar-refractivity contribution is 6.02. The van der Waals surface area contributed by atoms with Gasteiger partial charge in [0.2, 0.25) is 5.91 Å². The van der Waals surface area contributed by atoms with Crippen molar-refractivity contribution in [1.29, 1.82) is 0 Å². The molecule has 0 radical (unpaired) electrons. The molecule has 118 valence electrons. The summed E-state index contributed by atoms with van der Waals surface area (Å²) in [7, 11) is 0. The van der Waals surface area contributed by atoms with Crippen LogP contribution in [-0.2, 0) is 4.79 Å². The Balaban J connectivity index is 1.71. The first-order valence-corrected chi connectivity index (χ1v) is 7.67. The highest BCUT2D eigenvalue weighted by atomic mass is 16.5. The normalized spacial score (nSPS) is 10.5. The lowest BCUT2D eigenvalue weighted by Crippen LogP contribution is -2.08. The molecule has 1 amide bonds. The van der Waals surface area contributed by atoms with Gasteiger partial charge in [-0.15, -0.1) is 0 Å². The van der Waals surface area contributed by atoms with Crippen molar-refractivity contribution >= 4 is 17.7 Å². The summed E-state index contributed by atoms with van der Waals surface area (Å²) in [6.07, 6.45) is 3.28. The summed E-state index contributed by atoms with van der Waals surface area (Å²) in [5, 5.41) is 2.85. The van der Waals surface area contributed by atoms with Gasteiger partial charge < -0.3 is 10.1 Å². The molecule has 3 nitrogen and oxygen atoms in total.